The van der Waals surface area contributed by atoms with Crippen LogP contribution in [0.1, 0.15) is 28.9 Å². The largest absolute Gasteiger partial charge is 0.478 e. The van der Waals surface area contributed by atoms with Crippen LogP contribution in [0.2, 0.25) is 0 Å². The maximum Gasteiger partial charge on any atom is 0.335 e. The third-order valence-corrected chi connectivity index (χ3v) is 1.66. The van der Waals surface area contributed by atoms with Gasteiger partial charge in [0.05, 0.1) is 5.56 Å². The summed E-state index contributed by atoms with van der Waals surface area (Å²) < 4.78 is 0. The summed E-state index contributed by atoms with van der Waals surface area (Å²) >= 11 is 0. The van der Waals surface area contributed by atoms with Gasteiger partial charge in [-0.05, 0) is 24.6 Å². The second kappa shape index (κ2) is 4.84. The lowest BCUT2D eigenvalue weighted by Gasteiger charge is -2.05. The average molecular weight is 202 g/mol. The Hall–Kier alpha value is -1.06. The number of nitrogens with two attached hydrogens (primary N) is 1. The Morgan fingerprint density at radius 2 is 2.15 bits per heavy atom. The van der Waals surface area contributed by atoms with E-state index in [4.69, 9.17) is 10.8 Å². The van der Waals surface area contributed by atoms with Gasteiger partial charge in [0.1, 0.15) is 0 Å². The summed E-state index contributed by atoms with van der Waals surface area (Å²) in [4.78, 5) is 10.5. The lowest BCUT2D eigenvalue weighted by atomic mass is 10.1. The molecule has 1 aromatic carbocycles. The first-order valence-electron chi connectivity index (χ1n) is 3.70. The molecule has 1 atom stereocenters. The summed E-state index contributed by atoms with van der Waals surface area (Å²) in [5.74, 6) is -0.919. The molecular weight excluding hydrogens is 190 g/mol. The molecule has 0 aromatic heterocycles. The van der Waals surface area contributed by atoms with Gasteiger partial charge in [-0.3, -0.25) is 0 Å². The minimum atomic E-state index is -0.919. The van der Waals surface area contributed by atoms with E-state index >= 15 is 0 Å². The number of hydrogen-bond acceptors (Lipinski definition) is 2. The van der Waals surface area contributed by atoms with E-state index in [1.54, 1.807) is 18.2 Å². The molecule has 0 bridgehead atoms. The third-order valence-electron chi connectivity index (χ3n) is 1.66. The van der Waals surface area contributed by atoms with Crippen molar-refractivity contribution in [1.82, 2.24) is 0 Å². The molecule has 0 amide bonds. The van der Waals surface area contributed by atoms with Crippen molar-refractivity contribution < 1.29 is 9.90 Å². The van der Waals surface area contributed by atoms with E-state index < -0.39 is 5.97 Å². The number of halogens is 1. The fraction of sp³-hybridized carbons (Fsp3) is 0.222. The molecule has 0 spiro atoms. The van der Waals surface area contributed by atoms with E-state index in [1.807, 2.05) is 13.0 Å². The first-order chi connectivity index (χ1) is 5.61. The molecule has 4 heteroatoms. The fourth-order valence-corrected chi connectivity index (χ4v) is 0.955. The molecule has 1 rings (SSSR count). The number of hydrogen-bond donors (Lipinski definition) is 2. The van der Waals surface area contributed by atoms with Crippen molar-refractivity contribution in [3.63, 3.8) is 0 Å². The summed E-state index contributed by atoms with van der Waals surface area (Å²) in [6, 6.07) is 6.53. The van der Waals surface area contributed by atoms with Gasteiger partial charge in [-0.15, -0.1) is 12.4 Å². The van der Waals surface area contributed by atoms with Crippen LogP contribution in [-0.2, 0) is 0 Å². The van der Waals surface area contributed by atoms with E-state index in [0.29, 0.717) is 0 Å². The molecule has 0 heterocycles. The maximum atomic E-state index is 10.5. The smallest absolute Gasteiger partial charge is 0.335 e. The van der Waals surface area contributed by atoms with Crippen molar-refractivity contribution >= 4 is 18.4 Å². The Morgan fingerprint density at radius 3 is 2.62 bits per heavy atom. The van der Waals surface area contributed by atoms with Crippen LogP contribution in [0.5, 0.6) is 0 Å². The molecule has 3 nitrogen and oxygen atoms in total. The highest BCUT2D eigenvalue weighted by molar-refractivity contribution is 5.87. The summed E-state index contributed by atoms with van der Waals surface area (Å²) in [6.07, 6.45) is 0. The van der Waals surface area contributed by atoms with E-state index in [1.165, 1.54) is 0 Å². The van der Waals surface area contributed by atoms with Gasteiger partial charge >= 0.3 is 5.97 Å². The van der Waals surface area contributed by atoms with E-state index in [2.05, 4.69) is 0 Å². The predicted octanol–water partition coefficient (Wildman–Crippen LogP) is 1.83. The zero-order valence-corrected chi connectivity index (χ0v) is 8.04. The predicted molar refractivity (Wildman–Crippen MR) is 53.3 cm³/mol. The minimum Gasteiger partial charge on any atom is -0.478 e. The van der Waals surface area contributed by atoms with Gasteiger partial charge in [0, 0.05) is 6.04 Å². The van der Waals surface area contributed by atoms with Crippen molar-refractivity contribution in [3.05, 3.63) is 35.4 Å². The maximum absolute atomic E-state index is 10.5. The van der Waals surface area contributed by atoms with Crippen molar-refractivity contribution in [3.8, 4) is 0 Å². The van der Waals surface area contributed by atoms with Crippen molar-refractivity contribution in [2.45, 2.75) is 13.0 Å². The molecule has 1 aromatic rings. The zero-order chi connectivity index (χ0) is 9.14. The highest BCUT2D eigenvalue weighted by Crippen LogP contribution is 2.11. The third kappa shape index (κ3) is 3.05. The summed E-state index contributed by atoms with van der Waals surface area (Å²) in [5, 5.41) is 8.65. The number of carboxylic acids is 1. The van der Waals surface area contributed by atoms with Crippen LogP contribution < -0.4 is 5.73 Å². The Morgan fingerprint density at radius 1 is 1.54 bits per heavy atom. The average Bonchev–Trinajstić information content (AvgIpc) is 2.04. The van der Waals surface area contributed by atoms with Gasteiger partial charge in [0.2, 0.25) is 0 Å². The monoisotopic (exact) mass is 201 g/mol. The van der Waals surface area contributed by atoms with Gasteiger partial charge in [-0.25, -0.2) is 4.79 Å². The lowest BCUT2D eigenvalue weighted by molar-refractivity contribution is 0.0697. The topological polar surface area (TPSA) is 63.3 Å². The van der Waals surface area contributed by atoms with E-state index in [9.17, 15) is 4.79 Å². The molecule has 1 unspecified atom stereocenters. The van der Waals surface area contributed by atoms with Gasteiger partial charge in [-0.2, -0.15) is 0 Å². The zero-order valence-electron chi connectivity index (χ0n) is 7.23. The second-order valence-corrected chi connectivity index (χ2v) is 2.72. The van der Waals surface area contributed by atoms with Crippen LogP contribution >= 0.6 is 12.4 Å². The molecule has 13 heavy (non-hydrogen) atoms. The summed E-state index contributed by atoms with van der Waals surface area (Å²) in [7, 11) is 0. The Labute approximate surface area is 83.0 Å². The van der Waals surface area contributed by atoms with Gasteiger partial charge in [-0.1, -0.05) is 12.1 Å². The lowest BCUT2D eigenvalue weighted by Crippen LogP contribution is -2.06. The molecule has 0 saturated carbocycles. The second-order valence-electron chi connectivity index (χ2n) is 2.72. The fourth-order valence-electron chi connectivity index (χ4n) is 0.955. The molecule has 0 saturated heterocycles. The van der Waals surface area contributed by atoms with Gasteiger partial charge < -0.3 is 10.8 Å². The number of carboxylic acid groups (broad SMARTS) is 1. The van der Waals surface area contributed by atoms with Crippen LogP contribution in [0.15, 0.2) is 24.3 Å². The van der Waals surface area contributed by atoms with Crippen LogP contribution in [0.3, 0.4) is 0 Å². The van der Waals surface area contributed by atoms with Crippen LogP contribution in [-0.4, -0.2) is 11.1 Å². The van der Waals surface area contributed by atoms with E-state index in [-0.39, 0.29) is 24.0 Å². The Kier molecular flexibility index (Phi) is 4.45. The quantitative estimate of drug-likeness (QED) is 0.768. The molecule has 0 aliphatic heterocycles. The molecule has 72 valence electrons. The number of benzene rings is 1. The molecule has 0 aliphatic carbocycles. The van der Waals surface area contributed by atoms with Crippen molar-refractivity contribution in [2.75, 3.05) is 0 Å². The van der Waals surface area contributed by atoms with Crippen LogP contribution in [0, 0.1) is 0 Å². The van der Waals surface area contributed by atoms with Crippen LogP contribution in [0.25, 0.3) is 0 Å². The van der Waals surface area contributed by atoms with Crippen LogP contribution in [0.4, 0.5) is 0 Å². The highest BCUT2D eigenvalue weighted by atomic mass is 35.5. The molecule has 0 aliphatic rings. The standard InChI is InChI=1S/C9H11NO2.ClH/c1-6(10)7-3-2-4-8(5-7)9(11)12;/h2-6H,10H2,1H3,(H,11,12);1H. The summed E-state index contributed by atoms with van der Waals surface area (Å²) in [5.41, 5.74) is 6.71. The molecule has 3 N–H and O–H groups in total. The normalized spacial score (nSPS) is 11.5. The Bertz CT molecular complexity index is 299. The van der Waals surface area contributed by atoms with Gasteiger partial charge in [0.25, 0.3) is 0 Å². The summed E-state index contributed by atoms with van der Waals surface area (Å²) in [6.45, 7) is 1.82. The van der Waals surface area contributed by atoms with Crippen molar-refractivity contribution in [2.24, 2.45) is 5.73 Å². The van der Waals surface area contributed by atoms with Crippen molar-refractivity contribution in [1.29, 1.82) is 0 Å². The molecular formula is C9H12ClNO2. The molecule has 0 fully saturated rings. The number of rotatable bonds is 2. The Balaban J connectivity index is 0.00000144. The molecule has 0 radical (unpaired) electrons. The number of carbonyl (C=O) groups is 1. The first-order valence-corrected chi connectivity index (χ1v) is 3.70. The van der Waals surface area contributed by atoms with E-state index in [0.717, 1.165) is 5.56 Å². The van der Waals surface area contributed by atoms with Gasteiger partial charge in [0.15, 0.2) is 0 Å². The number of aromatic carboxylic acids is 1. The first kappa shape index (κ1) is 11.9. The minimum absolute atomic E-state index is 0. The SMILES string of the molecule is CC(N)c1cccc(C(=O)O)c1.Cl. The highest BCUT2D eigenvalue weighted by Gasteiger charge is 2.04.